The first-order valence-electron chi connectivity index (χ1n) is 6.52. The largest absolute Gasteiger partial charge is 0.354 e. The summed E-state index contributed by atoms with van der Waals surface area (Å²) in [5.41, 5.74) is 5.96. The molecule has 0 saturated heterocycles. The maximum Gasteiger partial charge on any atom is 0.220 e. The highest BCUT2D eigenvalue weighted by Gasteiger charge is 2.27. The molecule has 1 amide bonds. The first-order valence-corrected chi connectivity index (χ1v) is 6.52. The van der Waals surface area contributed by atoms with Crippen LogP contribution in [0.2, 0.25) is 0 Å². The fourth-order valence-corrected chi connectivity index (χ4v) is 2.10. The van der Waals surface area contributed by atoms with E-state index in [0.29, 0.717) is 18.9 Å². The second-order valence-corrected chi connectivity index (χ2v) is 6.04. The van der Waals surface area contributed by atoms with Gasteiger partial charge in [-0.05, 0) is 46.7 Å². The molecule has 1 saturated carbocycles. The molecule has 0 radical (unpaired) electrons. The van der Waals surface area contributed by atoms with Crippen molar-refractivity contribution in [1.29, 1.82) is 0 Å². The number of rotatable bonds is 5. The Labute approximate surface area is 129 Å². The highest BCUT2D eigenvalue weighted by Crippen LogP contribution is 2.26. The van der Waals surface area contributed by atoms with Gasteiger partial charge < -0.3 is 16.0 Å². The zero-order valence-corrected chi connectivity index (χ0v) is 14.1. The molecule has 3 N–H and O–H groups in total. The summed E-state index contributed by atoms with van der Waals surface area (Å²) in [6.07, 6.45) is 3.93. The Kier molecular flexibility index (Phi) is 10.1. The van der Waals surface area contributed by atoms with E-state index < -0.39 is 0 Å². The van der Waals surface area contributed by atoms with Crippen LogP contribution in [0, 0.1) is 5.92 Å². The van der Waals surface area contributed by atoms with Gasteiger partial charge in [0, 0.05) is 24.5 Å². The molecule has 1 aliphatic carbocycles. The topological polar surface area (TPSA) is 58.4 Å². The second-order valence-electron chi connectivity index (χ2n) is 6.04. The van der Waals surface area contributed by atoms with E-state index in [9.17, 15) is 4.79 Å². The number of hydrogen-bond acceptors (Lipinski definition) is 3. The van der Waals surface area contributed by atoms with Gasteiger partial charge in [-0.3, -0.25) is 4.79 Å². The predicted octanol–water partition coefficient (Wildman–Crippen LogP) is 1.80. The number of nitrogens with two attached hydrogens (primary N) is 1. The van der Waals surface area contributed by atoms with Crippen LogP contribution < -0.4 is 11.1 Å². The van der Waals surface area contributed by atoms with Crippen LogP contribution in [-0.2, 0) is 4.79 Å². The summed E-state index contributed by atoms with van der Waals surface area (Å²) < 4.78 is 0. The average Bonchev–Trinajstić information content (AvgIpc) is 2.61. The summed E-state index contributed by atoms with van der Waals surface area (Å²) in [5, 5.41) is 3.02. The smallest absolute Gasteiger partial charge is 0.220 e. The third kappa shape index (κ3) is 6.80. The lowest BCUT2D eigenvalue weighted by molar-refractivity contribution is -0.122. The van der Waals surface area contributed by atoms with Crippen molar-refractivity contribution in [1.82, 2.24) is 10.2 Å². The van der Waals surface area contributed by atoms with Gasteiger partial charge in [0.2, 0.25) is 5.91 Å². The van der Waals surface area contributed by atoms with Crippen molar-refractivity contribution in [2.45, 2.75) is 51.1 Å². The zero-order valence-electron chi connectivity index (χ0n) is 12.4. The maximum absolute atomic E-state index is 11.8. The number of carbonyl (C=O) groups excluding carboxylic acids is 1. The van der Waals surface area contributed by atoms with Gasteiger partial charge in [-0.1, -0.05) is 6.42 Å². The lowest BCUT2D eigenvalue weighted by Crippen LogP contribution is -2.48. The second kappa shape index (κ2) is 9.01. The number of carbonyl (C=O) groups is 1. The van der Waals surface area contributed by atoms with E-state index in [1.807, 2.05) is 14.1 Å². The van der Waals surface area contributed by atoms with Gasteiger partial charge in [-0.15, -0.1) is 24.8 Å². The van der Waals surface area contributed by atoms with E-state index in [2.05, 4.69) is 24.1 Å². The lowest BCUT2D eigenvalue weighted by atomic mass is 9.99. The minimum atomic E-state index is -0.00650. The Morgan fingerprint density at radius 3 is 2.32 bits per heavy atom. The van der Waals surface area contributed by atoms with Gasteiger partial charge in [-0.25, -0.2) is 0 Å². The van der Waals surface area contributed by atoms with Crippen molar-refractivity contribution < 1.29 is 4.79 Å². The molecule has 0 aliphatic heterocycles. The summed E-state index contributed by atoms with van der Waals surface area (Å²) in [7, 11) is 4.05. The SMILES string of the molecule is CN(C)C(C)(C)CNC(=O)C[C@@H]1CCC[C@H]1N.Cl.Cl. The number of amides is 1. The number of nitrogens with one attached hydrogen (secondary N) is 1. The fourth-order valence-electron chi connectivity index (χ4n) is 2.10. The van der Waals surface area contributed by atoms with Gasteiger partial charge in [-0.2, -0.15) is 0 Å². The van der Waals surface area contributed by atoms with Crippen molar-refractivity contribution in [3.8, 4) is 0 Å². The molecule has 116 valence electrons. The molecule has 0 aromatic rings. The van der Waals surface area contributed by atoms with Crippen LogP contribution in [0.3, 0.4) is 0 Å². The third-order valence-corrected chi connectivity index (χ3v) is 4.09. The minimum Gasteiger partial charge on any atom is -0.354 e. The average molecular weight is 314 g/mol. The van der Waals surface area contributed by atoms with E-state index in [1.165, 1.54) is 6.42 Å². The van der Waals surface area contributed by atoms with Crippen LogP contribution in [0.25, 0.3) is 0 Å². The highest BCUT2D eigenvalue weighted by molar-refractivity contribution is 5.85. The third-order valence-electron chi connectivity index (χ3n) is 4.09. The Morgan fingerprint density at radius 1 is 1.32 bits per heavy atom. The molecule has 0 aromatic heterocycles. The van der Waals surface area contributed by atoms with Crippen molar-refractivity contribution in [3.63, 3.8) is 0 Å². The first kappa shape index (κ1) is 21.3. The monoisotopic (exact) mass is 313 g/mol. The standard InChI is InChI=1S/C13H27N3O.2ClH/c1-13(2,16(3)4)9-15-12(17)8-10-6-5-7-11(10)14;;/h10-11H,5-9,14H2,1-4H3,(H,15,17);2*1H/t10-,11+;;/m0../s1. The summed E-state index contributed by atoms with van der Waals surface area (Å²) in [6, 6.07) is 0.225. The van der Waals surface area contributed by atoms with Gasteiger partial charge in [0.25, 0.3) is 0 Å². The molecule has 2 atom stereocenters. The predicted molar refractivity (Wildman–Crippen MR) is 85.2 cm³/mol. The highest BCUT2D eigenvalue weighted by atomic mass is 35.5. The Hall–Kier alpha value is -0.0300. The summed E-state index contributed by atoms with van der Waals surface area (Å²) >= 11 is 0. The van der Waals surface area contributed by atoms with Crippen LogP contribution in [-0.4, -0.2) is 43.0 Å². The summed E-state index contributed by atoms with van der Waals surface area (Å²) in [6.45, 7) is 4.92. The van der Waals surface area contributed by atoms with Gasteiger partial charge in [0.15, 0.2) is 0 Å². The number of nitrogens with zero attached hydrogens (tertiary/aromatic N) is 1. The molecule has 1 fully saturated rings. The zero-order chi connectivity index (χ0) is 13.1. The van der Waals surface area contributed by atoms with Crippen LogP contribution >= 0.6 is 24.8 Å². The molecule has 1 aliphatic rings. The summed E-state index contributed by atoms with van der Waals surface area (Å²) in [4.78, 5) is 13.9. The van der Waals surface area contributed by atoms with E-state index in [4.69, 9.17) is 5.73 Å². The Bertz CT molecular complexity index is 273. The number of halogens is 2. The number of likely N-dealkylation sites (N-methyl/N-ethyl adjacent to an activating group) is 1. The van der Waals surface area contributed by atoms with E-state index in [-0.39, 0.29) is 42.3 Å². The van der Waals surface area contributed by atoms with Crippen molar-refractivity contribution in [2.24, 2.45) is 11.7 Å². The van der Waals surface area contributed by atoms with Crippen LogP contribution in [0.1, 0.15) is 39.5 Å². The molecule has 0 aromatic carbocycles. The molecule has 0 unspecified atom stereocenters. The van der Waals surface area contributed by atoms with Crippen molar-refractivity contribution >= 4 is 30.7 Å². The fraction of sp³-hybridized carbons (Fsp3) is 0.923. The molecule has 0 bridgehead atoms. The van der Waals surface area contributed by atoms with Gasteiger partial charge >= 0.3 is 0 Å². The molecule has 19 heavy (non-hydrogen) atoms. The molecular weight excluding hydrogens is 285 g/mol. The van der Waals surface area contributed by atoms with Gasteiger partial charge in [0.1, 0.15) is 0 Å². The van der Waals surface area contributed by atoms with E-state index >= 15 is 0 Å². The molecule has 4 nitrogen and oxygen atoms in total. The molecule has 0 spiro atoms. The summed E-state index contributed by atoms with van der Waals surface area (Å²) in [5.74, 6) is 0.528. The normalized spacial score (nSPS) is 22.6. The molecule has 1 rings (SSSR count). The molecule has 0 heterocycles. The van der Waals surface area contributed by atoms with Gasteiger partial charge in [0.05, 0.1) is 0 Å². The molecule has 6 heteroatoms. The van der Waals surface area contributed by atoms with Crippen molar-refractivity contribution in [3.05, 3.63) is 0 Å². The first-order chi connectivity index (χ1) is 7.83. The van der Waals surface area contributed by atoms with Crippen LogP contribution in [0.4, 0.5) is 0 Å². The van der Waals surface area contributed by atoms with E-state index in [0.717, 1.165) is 12.8 Å². The minimum absolute atomic E-state index is 0. The van der Waals surface area contributed by atoms with Crippen LogP contribution in [0.15, 0.2) is 0 Å². The van der Waals surface area contributed by atoms with Crippen molar-refractivity contribution in [2.75, 3.05) is 20.6 Å². The molecular formula is C13H29Cl2N3O. The lowest BCUT2D eigenvalue weighted by Gasteiger charge is -2.32. The number of hydrogen-bond donors (Lipinski definition) is 2. The maximum atomic E-state index is 11.8. The Morgan fingerprint density at radius 2 is 1.89 bits per heavy atom. The quantitative estimate of drug-likeness (QED) is 0.813. The Balaban J connectivity index is 0. The van der Waals surface area contributed by atoms with E-state index in [1.54, 1.807) is 0 Å². The van der Waals surface area contributed by atoms with Crippen LogP contribution in [0.5, 0.6) is 0 Å².